The largest absolute Gasteiger partial charge is 0.381 e. The fourth-order valence-electron chi connectivity index (χ4n) is 1.43. The van der Waals surface area contributed by atoms with E-state index in [-0.39, 0.29) is 11.9 Å². The highest BCUT2D eigenvalue weighted by atomic mass is 35.5. The van der Waals surface area contributed by atoms with E-state index in [9.17, 15) is 4.79 Å². The summed E-state index contributed by atoms with van der Waals surface area (Å²) in [6, 6.07) is 5.87. The molecule has 0 saturated carbocycles. The van der Waals surface area contributed by atoms with Gasteiger partial charge >= 0.3 is 0 Å². The summed E-state index contributed by atoms with van der Waals surface area (Å²) >= 11 is 6.08. The maximum Gasteiger partial charge on any atom is 0.221 e. The number of amides is 1. The predicted octanol–water partition coefficient (Wildman–Crippen LogP) is 2.58. The van der Waals surface area contributed by atoms with Gasteiger partial charge in [0.05, 0.1) is 10.7 Å². The number of anilines is 1. The molecule has 2 N–H and O–H groups in total. The number of aryl methyl sites for hydroxylation is 1. The smallest absolute Gasteiger partial charge is 0.221 e. The van der Waals surface area contributed by atoms with Crippen molar-refractivity contribution in [3.63, 3.8) is 0 Å². The van der Waals surface area contributed by atoms with Gasteiger partial charge in [0.2, 0.25) is 5.91 Å². The molecule has 1 aromatic rings. The minimum atomic E-state index is 0.0169. The summed E-state index contributed by atoms with van der Waals surface area (Å²) in [6.45, 7) is 3.94. The monoisotopic (exact) mass is 240 g/mol. The molecule has 0 aromatic heterocycles. The fraction of sp³-hybridized carbons (Fsp3) is 0.417. The second-order valence-corrected chi connectivity index (χ2v) is 4.31. The number of rotatable bonds is 4. The van der Waals surface area contributed by atoms with Crippen molar-refractivity contribution in [3.05, 3.63) is 28.8 Å². The van der Waals surface area contributed by atoms with Crippen molar-refractivity contribution in [2.75, 3.05) is 12.4 Å². The topological polar surface area (TPSA) is 41.1 Å². The van der Waals surface area contributed by atoms with Crippen LogP contribution in [0, 0.1) is 6.92 Å². The third kappa shape index (κ3) is 3.74. The molecule has 1 unspecified atom stereocenters. The highest BCUT2D eigenvalue weighted by molar-refractivity contribution is 6.33. The first-order chi connectivity index (χ1) is 7.52. The number of nitrogens with one attached hydrogen (secondary N) is 2. The Labute approximate surface area is 101 Å². The van der Waals surface area contributed by atoms with Crippen LogP contribution in [0.2, 0.25) is 5.02 Å². The van der Waals surface area contributed by atoms with E-state index >= 15 is 0 Å². The van der Waals surface area contributed by atoms with Gasteiger partial charge in [0.1, 0.15) is 0 Å². The van der Waals surface area contributed by atoms with E-state index in [1.54, 1.807) is 7.05 Å². The molecule has 88 valence electrons. The number of hydrogen-bond donors (Lipinski definition) is 2. The first kappa shape index (κ1) is 12.8. The van der Waals surface area contributed by atoms with Crippen LogP contribution in [-0.2, 0) is 4.79 Å². The van der Waals surface area contributed by atoms with Gasteiger partial charge in [0.25, 0.3) is 0 Å². The molecule has 0 aliphatic carbocycles. The van der Waals surface area contributed by atoms with Crippen LogP contribution in [0.15, 0.2) is 18.2 Å². The Balaban J connectivity index is 2.62. The molecule has 1 atom stereocenters. The number of halogens is 1. The van der Waals surface area contributed by atoms with E-state index in [4.69, 9.17) is 11.6 Å². The molecule has 0 saturated heterocycles. The van der Waals surface area contributed by atoms with Crippen molar-refractivity contribution >= 4 is 23.2 Å². The zero-order valence-corrected chi connectivity index (χ0v) is 10.6. The normalized spacial score (nSPS) is 12.0. The average Bonchev–Trinajstić information content (AvgIpc) is 2.22. The van der Waals surface area contributed by atoms with Gasteiger partial charge in [-0.1, -0.05) is 17.7 Å². The highest BCUT2D eigenvalue weighted by Gasteiger charge is 2.09. The molecule has 0 spiro atoms. The molecule has 16 heavy (non-hydrogen) atoms. The molecule has 1 aromatic carbocycles. The summed E-state index contributed by atoms with van der Waals surface area (Å²) in [5.74, 6) is 0.0169. The third-order valence-corrected chi connectivity index (χ3v) is 2.61. The number of carbonyl (C=O) groups is 1. The van der Waals surface area contributed by atoms with Gasteiger partial charge < -0.3 is 10.6 Å². The number of hydrogen-bond acceptors (Lipinski definition) is 2. The van der Waals surface area contributed by atoms with E-state index in [0.29, 0.717) is 11.4 Å². The molecular weight excluding hydrogens is 224 g/mol. The Kier molecular flexibility index (Phi) is 4.62. The summed E-state index contributed by atoms with van der Waals surface area (Å²) in [5.41, 5.74) is 1.98. The van der Waals surface area contributed by atoms with E-state index in [2.05, 4.69) is 10.6 Å². The van der Waals surface area contributed by atoms with Crippen molar-refractivity contribution in [1.82, 2.24) is 5.32 Å². The van der Waals surface area contributed by atoms with E-state index in [0.717, 1.165) is 11.3 Å². The minimum absolute atomic E-state index is 0.0169. The van der Waals surface area contributed by atoms with Gasteiger partial charge in [-0.25, -0.2) is 0 Å². The predicted molar refractivity (Wildman–Crippen MR) is 68.0 cm³/mol. The summed E-state index contributed by atoms with van der Waals surface area (Å²) < 4.78 is 0. The SMILES string of the molecule is CNC(=O)CC(C)Nc1ccc(C)cc1Cl. The van der Waals surface area contributed by atoms with Gasteiger partial charge in [0, 0.05) is 19.5 Å². The highest BCUT2D eigenvalue weighted by Crippen LogP contribution is 2.23. The van der Waals surface area contributed by atoms with Crippen LogP contribution in [0.25, 0.3) is 0 Å². The first-order valence-corrected chi connectivity index (χ1v) is 5.64. The zero-order chi connectivity index (χ0) is 12.1. The molecule has 0 heterocycles. The van der Waals surface area contributed by atoms with Crippen LogP contribution in [0.1, 0.15) is 18.9 Å². The van der Waals surface area contributed by atoms with E-state index in [1.807, 2.05) is 32.0 Å². The van der Waals surface area contributed by atoms with Crippen molar-refractivity contribution in [2.45, 2.75) is 26.3 Å². The molecule has 0 aliphatic heterocycles. The quantitative estimate of drug-likeness (QED) is 0.850. The van der Waals surface area contributed by atoms with Crippen LogP contribution >= 0.6 is 11.6 Å². The molecule has 1 rings (SSSR count). The lowest BCUT2D eigenvalue weighted by molar-refractivity contribution is -0.120. The summed E-state index contributed by atoms with van der Waals surface area (Å²) in [5, 5.41) is 6.49. The standard InChI is InChI=1S/C12H17ClN2O/c1-8-4-5-11(10(13)6-8)15-9(2)7-12(16)14-3/h4-6,9,15H,7H2,1-3H3,(H,14,16). The van der Waals surface area contributed by atoms with Crippen molar-refractivity contribution in [2.24, 2.45) is 0 Å². The van der Waals surface area contributed by atoms with Crippen molar-refractivity contribution < 1.29 is 4.79 Å². The van der Waals surface area contributed by atoms with Gasteiger partial charge in [-0.15, -0.1) is 0 Å². The second kappa shape index (κ2) is 5.75. The average molecular weight is 241 g/mol. The van der Waals surface area contributed by atoms with E-state index < -0.39 is 0 Å². The summed E-state index contributed by atoms with van der Waals surface area (Å²) in [4.78, 5) is 11.2. The zero-order valence-electron chi connectivity index (χ0n) is 9.80. The molecule has 3 nitrogen and oxygen atoms in total. The Morgan fingerprint density at radius 1 is 1.50 bits per heavy atom. The van der Waals surface area contributed by atoms with Crippen LogP contribution < -0.4 is 10.6 Å². The molecule has 4 heteroatoms. The maximum absolute atomic E-state index is 11.2. The molecular formula is C12H17ClN2O. The molecule has 0 bridgehead atoms. The number of benzene rings is 1. The number of carbonyl (C=O) groups excluding carboxylic acids is 1. The van der Waals surface area contributed by atoms with Crippen LogP contribution in [0.4, 0.5) is 5.69 Å². The van der Waals surface area contributed by atoms with Gasteiger partial charge in [-0.2, -0.15) is 0 Å². The van der Waals surface area contributed by atoms with Crippen molar-refractivity contribution in [3.8, 4) is 0 Å². The van der Waals surface area contributed by atoms with Crippen LogP contribution in [-0.4, -0.2) is 19.0 Å². The molecule has 1 amide bonds. The van der Waals surface area contributed by atoms with Gasteiger partial charge in [-0.3, -0.25) is 4.79 Å². The first-order valence-electron chi connectivity index (χ1n) is 5.26. The summed E-state index contributed by atoms with van der Waals surface area (Å²) in [6.07, 6.45) is 0.431. The summed E-state index contributed by atoms with van der Waals surface area (Å²) in [7, 11) is 1.63. The second-order valence-electron chi connectivity index (χ2n) is 3.91. The molecule has 0 fully saturated rings. The van der Waals surface area contributed by atoms with E-state index in [1.165, 1.54) is 0 Å². The van der Waals surface area contributed by atoms with Crippen LogP contribution in [0.5, 0.6) is 0 Å². The lowest BCUT2D eigenvalue weighted by Gasteiger charge is -2.15. The lowest BCUT2D eigenvalue weighted by Crippen LogP contribution is -2.26. The Morgan fingerprint density at radius 3 is 2.75 bits per heavy atom. The van der Waals surface area contributed by atoms with Gasteiger partial charge in [-0.05, 0) is 31.5 Å². The third-order valence-electron chi connectivity index (χ3n) is 2.30. The van der Waals surface area contributed by atoms with Crippen LogP contribution in [0.3, 0.4) is 0 Å². The maximum atomic E-state index is 11.2. The Morgan fingerprint density at radius 2 is 2.19 bits per heavy atom. The minimum Gasteiger partial charge on any atom is -0.381 e. The molecule has 0 aliphatic rings. The van der Waals surface area contributed by atoms with Gasteiger partial charge in [0.15, 0.2) is 0 Å². The Hall–Kier alpha value is -1.22. The van der Waals surface area contributed by atoms with Crippen molar-refractivity contribution in [1.29, 1.82) is 0 Å². The lowest BCUT2D eigenvalue weighted by atomic mass is 10.2. The Bertz CT molecular complexity index is 379. The molecule has 0 radical (unpaired) electrons. The fourth-order valence-corrected chi connectivity index (χ4v) is 1.72.